The highest BCUT2D eigenvalue weighted by atomic mass is 35.5. The van der Waals surface area contributed by atoms with Crippen LogP contribution in [0.15, 0.2) is 34.9 Å². The van der Waals surface area contributed by atoms with E-state index in [1.165, 1.54) is 17.4 Å². The third-order valence-corrected chi connectivity index (χ3v) is 12.8. The maximum atomic E-state index is 15.1. The van der Waals surface area contributed by atoms with Crippen LogP contribution in [0, 0.1) is 29.0 Å². The Balaban J connectivity index is 0.995. The minimum atomic E-state index is -1.21. The fraction of sp³-hybridized carbons (Fsp3) is 0.438. The maximum absolute atomic E-state index is 15.1. The second-order valence-corrected chi connectivity index (χ2v) is 15.0. The fourth-order valence-electron chi connectivity index (χ4n) is 9.15. The summed E-state index contributed by atoms with van der Waals surface area (Å²) in [5.41, 5.74) is 0.265. The summed E-state index contributed by atoms with van der Waals surface area (Å²) in [6.45, 7) is -0.271. The molecule has 6 aliphatic rings. The molecule has 45 heavy (non-hydrogen) atoms. The molecule has 2 aromatic heterocycles. The Hall–Kier alpha value is -3.09. The normalized spacial score (nSPS) is 32.0. The lowest BCUT2D eigenvalue weighted by atomic mass is 9.51. The molecule has 5 bridgehead atoms. The van der Waals surface area contributed by atoms with Crippen LogP contribution in [0.1, 0.15) is 64.7 Å². The number of carbonyl (C=O) groups excluding carboxylic acids is 1. The van der Waals surface area contributed by atoms with Gasteiger partial charge in [0.15, 0.2) is 5.82 Å². The van der Waals surface area contributed by atoms with Gasteiger partial charge in [0.05, 0.1) is 27.0 Å². The lowest BCUT2D eigenvalue weighted by Gasteiger charge is -2.60. The van der Waals surface area contributed by atoms with E-state index in [2.05, 4.69) is 15.5 Å². The van der Waals surface area contributed by atoms with Gasteiger partial charge in [0, 0.05) is 33.9 Å². The largest absolute Gasteiger partial charge is 0.480 e. The Morgan fingerprint density at radius 2 is 2.00 bits per heavy atom. The summed E-state index contributed by atoms with van der Waals surface area (Å²) in [6.07, 6.45) is 4.25. The predicted molar refractivity (Wildman–Crippen MR) is 162 cm³/mol. The summed E-state index contributed by atoms with van der Waals surface area (Å²) in [7, 11) is 0. The number of aliphatic carboxylic acids is 1. The molecule has 2 heterocycles. The van der Waals surface area contributed by atoms with Crippen molar-refractivity contribution in [2.24, 2.45) is 23.2 Å². The van der Waals surface area contributed by atoms with Gasteiger partial charge in [-0.3, -0.25) is 9.59 Å². The van der Waals surface area contributed by atoms with E-state index in [-0.39, 0.29) is 33.9 Å². The van der Waals surface area contributed by atoms with Crippen molar-refractivity contribution >= 4 is 56.6 Å². The first-order valence-corrected chi connectivity index (χ1v) is 16.5. The van der Waals surface area contributed by atoms with Gasteiger partial charge in [-0.25, -0.2) is 9.37 Å². The molecular weight excluding hydrogens is 644 g/mol. The smallest absolute Gasteiger partial charge is 0.322 e. The molecule has 6 atom stereocenters. The monoisotopic (exact) mass is 669 g/mol. The van der Waals surface area contributed by atoms with E-state index in [4.69, 9.17) is 37.6 Å². The molecule has 232 valence electrons. The number of hydrogen-bond acceptors (Lipinski definition) is 8. The molecular formula is C32H26Cl2FN3O6S. The number of aliphatic hydroxyl groups is 1. The van der Waals surface area contributed by atoms with Gasteiger partial charge >= 0.3 is 5.97 Å². The van der Waals surface area contributed by atoms with Crippen molar-refractivity contribution in [1.82, 2.24) is 15.5 Å². The number of benzene rings is 2. The van der Waals surface area contributed by atoms with E-state index in [9.17, 15) is 14.7 Å². The zero-order valence-electron chi connectivity index (χ0n) is 23.6. The number of rotatable bonds is 9. The van der Waals surface area contributed by atoms with E-state index in [0.717, 1.165) is 36.7 Å². The van der Waals surface area contributed by atoms with Gasteiger partial charge in [-0.15, -0.1) is 11.3 Å². The molecule has 1 spiro atoms. The molecule has 6 fully saturated rings. The number of carbonyl (C=O) groups is 2. The van der Waals surface area contributed by atoms with E-state index in [0.29, 0.717) is 62.3 Å². The number of carboxylic acid groups (broad SMARTS) is 1. The summed E-state index contributed by atoms with van der Waals surface area (Å²) in [5.74, 6) is -1.10. The predicted octanol–water partition coefficient (Wildman–Crippen LogP) is 6.29. The molecule has 1 unspecified atom stereocenters. The topological polar surface area (TPSA) is 135 Å². The number of thiazole rings is 1. The summed E-state index contributed by atoms with van der Waals surface area (Å²) < 4.78 is 28.2. The first-order valence-electron chi connectivity index (χ1n) is 15.0. The highest BCUT2D eigenvalue weighted by Gasteiger charge is 2.96. The number of amides is 1. The van der Waals surface area contributed by atoms with Crippen LogP contribution in [-0.4, -0.2) is 44.4 Å². The number of hydrogen-bond donors (Lipinski definition) is 3. The average Bonchev–Trinajstić information content (AvgIpc) is 3.80. The number of ether oxygens (including phenoxy) is 1. The number of nitrogens with one attached hydrogen (secondary N) is 1. The van der Waals surface area contributed by atoms with Crippen molar-refractivity contribution in [3.63, 3.8) is 0 Å². The second kappa shape index (κ2) is 9.25. The van der Waals surface area contributed by atoms with Gasteiger partial charge < -0.3 is 24.8 Å². The third kappa shape index (κ3) is 3.67. The van der Waals surface area contributed by atoms with Crippen LogP contribution in [0.5, 0.6) is 0 Å². The zero-order valence-corrected chi connectivity index (χ0v) is 25.9. The van der Waals surface area contributed by atoms with Gasteiger partial charge in [0.25, 0.3) is 5.91 Å². The molecule has 0 aliphatic heterocycles. The first kappa shape index (κ1) is 28.2. The van der Waals surface area contributed by atoms with Crippen LogP contribution in [-0.2, 0) is 21.7 Å². The van der Waals surface area contributed by atoms with E-state index < -0.39 is 29.8 Å². The number of aromatic nitrogens is 2. The third-order valence-electron chi connectivity index (χ3n) is 11.0. The summed E-state index contributed by atoms with van der Waals surface area (Å²) in [6, 6.07) is 7.91. The van der Waals surface area contributed by atoms with Crippen LogP contribution in [0.4, 0.5) is 4.39 Å². The Kier molecular flexibility index (Phi) is 5.79. The van der Waals surface area contributed by atoms with Crippen molar-refractivity contribution in [3.8, 4) is 11.3 Å². The Morgan fingerprint density at radius 3 is 2.71 bits per heavy atom. The van der Waals surface area contributed by atoms with Crippen molar-refractivity contribution < 1.29 is 33.5 Å². The lowest BCUT2D eigenvalue weighted by Crippen LogP contribution is -2.64. The van der Waals surface area contributed by atoms with Crippen LogP contribution in [0.25, 0.3) is 21.5 Å². The Labute approximate surface area is 269 Å². The average molecular weight is 671 g/mol. The van der Waals surface area contributed by atoms with Crippen LogP contribution in [0.3, 0.4) is 0 Å². The maximum Gasteiger partial charge on any atom is 0.322 e. The Morgan fingerprint density at radius 1 is 1.22 bits per heavy atom. The second-order valence-electron chi connectivity index (χ2n) is 13.2. The minimum Gasteiger partial charge on any atom is -0.480 e. The summed E-state index contributed by atoms with van der Waals surface area (Å²) in [4.78, 5) is 27.9. The van der Waals surface area contributed by atoms with E-state index in [1.807, 2.05) is 0 Å². The van der Waals surface area contributed by atoms with E-state index >= 15 is 4.39 Å². The van der Waals surface area contributed by atoms with Gasteiger partial charge in [0.1, 0.15) is 34.1 Å². The van der Waals surface area contributed by atoms with Crippen LogP contribution < -0.4 is 5.32 Å². The lowest BCUT2D eigenvalue weighted by molar-refractivity contribution is -0.264. The molecule has 0 radical (unpaired) electrons. The molecule has 2 aromatic carbocycles. The number of nitrogens with zero attached hydrogens (tertiary/aromatic N) is 2. The number of carboxylic acids is 1. The quantitative estimate of drug-likeness (QED) is 0.189. The van der Waals surface area contributed by atoms with Gasteiger partial charge in [0.2, 0.25) is 0 Å². The van der Waals surface area contributed by atoms with Crippen LogP contribution >= 0.6 is 34.5 Å². The molecule has 3 N–H and O–H groups in total. The van der Waals surface area contributed by atoms with Gasteiger partial charge in [-0.2, -0.15) is 0 Å². The molecule has 0 saturated heterocycles. The summed E-state index contributed by atoms with van der Waals surface area (Å²) in [5, 5.41) is 29.4. The highest BCUT2D eigenvalue weighted by molar-refractivity contribution is 7.18. The first-order chi connectivity index (χ1) is 21.6. The Bertz CT molecular complexity index is 1950. The molecule has 13 heteroatoms. The van der Waals surface area contributed by atoms with Crippen molar-refractivity contribution in [2.75, 3.05) is 6.54 Å². The van der Waals surface area contributed by atoms with Crippen LogP contribution in [0.2, 0.25) is 10.0 Å². The fourth-order valence-corrected chi connectivity index (χ4v) is 11.0. The standard InChI is InChI=1S/C32H26Cl2FN3O6S/c33-18-2-1-3-19(34)23(18)24-16(26(44-38-24)13-4-5-13)11-43-30-9-15-8-17-27(30)31(17,12-30)32(15,42)29-37-25-20(35)6-14(7-21(25)45-29)28(41)36-10-22(39)40/h1-3,6-7,13,15,17,27,42H,4-5,8-12H2,(H,36,41)(H,39,40)/t15-,17?,27-,30+,31+,32-/m1/s1. The van der Waals surface area contributed by atoms with Gasteiger partial charge in [-0.05, 0) is 68.2 Å². The molecule has 6 saturated carbocycles. The number of halogens is 3. The van der Waals surface area contributed by atoms with E-state index in [1.54, 1.807) is 18.2 Å². The van der Waals surface area contributed by atoms with Gasteiger partial charge in [-0.1, -0.05) is 34.4 Å². The minimum absolute atomic E-state index is 0.00616. The molecule has 1 amide bonds. The van der Waals surface area contributed by atoms with Crippen molar-refractivity contribution in [3.05, 3.63) is 68.1 Å². The number of fused-ring (bicyclic) bond motifs is 1. The van der Waals surface area contributed by atoms with Crippen molar-refractivity contribution in [2.45, 2.75) is 55.8 Å². The molecule has 10 rings (SSSR count). The van der Waals surface area contributed by atoms with Crippen molar-refractivity contribution in [1.29, 1.82) is 0 Å². The SMILES string of the molecule is O=C(O)CNC(=O)c1cc(F)c2nc([C@]3(O)[C@@H]4CC5[C@@H]6[C@](OCc7c(-c8c(Cl)cccc8Cl)noc7C7CC7)(C4)C[C@]563)sc2c1. The highest BCUT2D eigenvalue weighted by Crippen LogP contribution is 2.94. The molecule has 4 aromatic rings. The molecule has 9 nitrogen and oxygen atoms in total. The summed E-state index contributed by atoms with van der Waals surface area (Å²) >= 11 is 14.3. The molecule has 6 aliphatic carbocycles. The zero-order chi connectivity index (χ0) is 31.0.